The van der Waals surface area contributed by atoms with Crippen molar-refractivity contribution in [1.82, 2.24) is 9.78 Å². The highest BCUT2D eigenvalue weighted by Crippen LogP contribution is 2.11. The largest absolute Gasteiger partial charge is 0.461 e. The molecule has 2 rings (SSSR count). The Morgan fingerprint density at radius 2 is 1.87 bits per heavy atom. The molecule has 23 heavy (non-hydrogen) atoms. The number of Topliss-reactive ketones (excluding diaryl/α,β-unsaturated/α-hetero) is 1. The van der Waals surface area contributed by atoms with E-state index in [2.05, 4.69) is 10.1 Å². The van der Waals surface area contributed by atoms with Gasteiger partial charge in [-0.25, -0.2) is 9.48 Å². The second kappa shape index (κ2) is 7.10. The standard InChI is InChI=1S/C15H15N3O4S/c1-4-22-14(21)13-17-18(15(23-13)16-10(3)20)12-7-5-11(6-8-12)9(2)19/h5-8H,4H2,1-3H3. The molecule has 0 unspecified atom stereocenters. The molecule has 0 radical (unpaired) electrons. The van der Waals surface area contributed by atoms with Crippen LogP contribution in [0.15, 0.2) is 29.3 Å². The van der Waals surface area contributed by atoms with Crippen LogP contribution in [0.1, 0.15) is 40.9 Å². The van der Waals surface area contributed by atoms with E-state index in [-0.39, 0.29) is 22.2 Å². The molecule has 0 spiro atoms. The van der Waals surface area contributed by atoms with Crippen LogP contribution in [-0.2, 0) is 9.53 Å². The molecule has 0 fully saturated rings. The summed E-state index contributed by atoms with van der Waals surface area (Å²) in [7, 11) is 0. The molecule has 0 atom stereocenters. The quantitative estimate of drug-likeness (QED) is 0.628. The molecule has 0 aliphatic heterocycles. The summed E-state index contributed by atoms with van der Waals surface area (Å²) in [6.07, 6.45) is 0. The van der Waals surface area contributed by atoms with E-state index in [0.29, 0.717) is 11.3 Å². The Morgan fingerprint density at radius 1 is 1.22 bits per heavy atom. The molecule has 0 N–H and O–H groups in total. The molecule has 0 saturated heterocycles. The fraction of sp³-hybridized carbons (Fsp3) is 0.267. The Labute approximate surface area is 136 Å². The second-order valence-corrected chi connectivity index (χ2v) is 5.51. The zero-order valence-corrected chi connectivity index (χ0v) is 13.7. The van der Waals surface area contributed by atoms with Gasteiger partial charge in [-0.1, -0.05) is 11.3 Å². The van der Waals surface area contributed by atoms with E-state index >= 15 is 0 Å². The smallest absolute Gasteiger partial charge is 0.369 e. The lowest BCUT2D eigenvalue weighted by atomic mass is 10.1. The van der Waals surface area contributed by atoms with Crippen molar-refractivity contribution in [3.8, 4) is 5.69 Å². The lowest BCUT2D eigenvalue weighted by Gasteiger charge is -2.02. The summed E-state index contributed by atoms with van der Waals surface area (Å²) in [6.45, 7) is 4.71. The fourth-order valence-corrected chi connectivity index (χ4v) is 2.61. The van der Waals surface area contributed by atoms with Crippen LogP contribution in [0.2, 0.25) is 0 Å². The normalized spacial score (nSPS) is 11.3. The lowest BCUT2D eigenvalue weighted by Crippen LogP contribution is -2.16. The van der Waals surface area contributed by atoms with E-state index in [1.807, 2.05) is 0 Å². The maximum Gasteiger partial charge on any atom is 0.369 e. The van der Waals surface area contributed by atoms with Gasteiger partial charge in [0.05, 0.1) is 12.3 Å². The first-order valence-corrected chi connectivity index (χ1v) is 7.68. The number of amides is 1. The number of nitrogens with zero attached hydrogens (tertiary/aromatic N) is 3. The number of esters is 1. The zero-order valence-electron chi connectivity index (χ0n) is 12.9. The first-order chi connectivity index (χ1) is 10.9. The summed E-state index contributed by atoms with van der Waals surface area (Å²) in [5.74, 6) is -1.03. The van der Waals surface area contributed by atoms with Gasteiger partial charge < -0.3 is 4.74 Å². The SMILES string of the molecule is CCOC(=O)c1nn(-c2ccc(C(C)=O)cc2)c(=NC(C)=O)s1. The van der Waals surface area contributed by atoms with Crippen LogP contribution < -0.4 is 4.80 Å². The molecule has 1 aromatic heterocycles. The molecule has 0 saturated carbocycles. The first-order valence-electron chi connectivity index (χ1n) is 6.86. The van der Waals surface area contributed by atoms with Crippen LogP contribution in [0.5, 0.6) is 0 Å². The second-order valence-electron chi connectivity index (χ2n) is 4.56. The van der Waals surface area contributed by atoms with Crippen molar-refractivity contribution in [1.29, 1.82) is 0 Å². The van der Waals surface area contributed by atoms with Gasteiger partial charge in [0.15, 0.2) is 5.78 Å². The van der Waals surface area contributed by atoms with E-state index in [4.69, 9.17) is 4.74 Å². The van der Waals surface area contributed by atoms with Gasteiger partial charge in [-0.3, -0.25) is 9.59 Å². The third-order valence-corrected chi connectivity index (χ3v) is 3.67. The topological polar surface area (TPSA) is 90.6 Å². The van der Waals surface area contributed by atoms with Gasteiger partial charge >= 0.3 is 5.97 Å². The lowest BCUT2D eigenvalue weighted by molar-refractivity contribution is -0.116. The number of carbonyl (C=O) groups excluding carboxylic acids is 3. The van der Waals surface area contributed by atoms with Crippen molar-refractivity contribution in [2.45, 2.75) is 20.8 Å². The van der Waals surface area contributed by atoms with E-state index in [0.717, 1.165) is 11.3 Å². The van der Waals surface area contributed by atoms with Gasteiger partial charge in [0.2, 0.25) is 15.7 Å². The Morgan fingerprint density at radius 3 is 2.39 bits per heavy atom. The molecular weight excluding hydrogens is 318 g/mol. The molecule has 7 nitrogen and oxygen atoms in total. The van der Waals surface area contributed by atoms with Gasteiger partial charge in [0.25, 0.3) is 0 Å². The monoisotopic (exact) mass is 333 g/mol. The Hall–Kier alpha value is -2.61. The number of hydrogen-bond acceptors (Lipinski definition) is 6. The highest BCUT2D eigenvalue weighted by atomic mass is 32.1. The van der Waals surface area contributed by atoms with Crippen molar-refractivity contribution < 1.29 is 19.1 Å². The van der Waals surface area contributed by atoms with Crippen molar-refractivity contribution in [3.05, 3.63) is 39.6 Å². The molecule has 0 aliphatic carbocycles. The predicted molar refractivity (Wildman–Crippen MR) is 83.6 cm³/mol. The summed E-state index contributed by atoms with van der Waals surface area (Å²) < 4.78 is 6.29. The average Bonchev–Trinajstić information content (AvgIpc) is 2.90. The van der Waals surface area contributed by atoms with E-state index < -0.39 is 11.9 Å². The summed E-state index contributed by atoms with van der Waals surface area (Å²) in [4.78, 5) is 38.5. The Balaban J connectivity index is 2.53. The first kappa shape index (κ1) is 16.8. The van der Waals surface area contributed by atoms with Gasteiger partial charge in [0.1, 0.15) is 0 Å². The highest BCUT2D eigenvalue weighted by molar-refractivity contribution is 7.10. The van der Waals surface area contributed by atoms with Crippen LogP contribution in [0.3, 0.4) is 0 Å². The molecule has 2 aromatic rings. The number of aromatic nitrogens is 2. The third-order valence-electron chi connectivity index (χ3n) is 2.78. The van der Waals surface area contributed by atoms with Gasteiger partial charge in [0, 0.05) is 12.5 Å². The van der Waals surface area contributed by atoms with Crippen molar-refractivity contribution in [2.75, 3.05) is 6.61 Å². The molecule has 120 valence electrons. The summed E-state index contributed by atoms with van der Waals surface area (Å²) >= 11 is 0.964. The van der Waals surface area contributed by atoms with E-state index in [9.17, 15) is 14.4 Å². The summed E-state index contributed by atoms with van der Waals surface area (Å²) in [5.41, 5.74) is 1.14. The number of rotatable bonds is 4. The van der Waals surface area contributed by atoms with Crippen molar-refractivity contribution >= 4 is 29.0 Å². The molecule has 1 aromatic carbocycles. The summed E-state index contributed by atoms with van der Waals surface area (Å²) in [5, 5.41) is 4.26. The predicted octanol–water partition coefficient (Wildman–Crippen LogP) is 1.76. The minimum absolute atomic E-state index is 0.0549. The number of benzene rings is 1. The van der Waals surface area contributed by atoms with Crippen molar-refractivity contribution in [3.63, 3.8) is 0 Å². The number of hydrogen-bond donors (Lipinski definition) is 0. The van der Waals surface area contributed by atoms with Gasteiger partial charge in [-0.05, 0) is 38.1 Å². The maximum atomic E-state index is 11.8. The van der Waals surface area contributed by atoms with Gasteiger partial charge in [-0.2, -0.15) is 4.99 Å². The van der Waals surface area contributed by atoms with Gasteiger partial charge in [-0.15, -0.1) is 5.10 Å². The average molecular weight is 333 g/mol. The minimum atomic E-state index is -0.573. The van der Waals surface area contributed by atoms with Crippen LogP contribution in [0, 0.1) is 0 Å². The number of ether oxygens (including phenoxy) is 1. The fourth-order valence-electron chi connectivity index (χ4n) is 1.77. The minimum Gasteiger partial charge on any atom is -0.461 e. The van der Waals surface area contributed by atoms with Crippen molar-refractivity contribution in [2.24, 2.45) is 4.99 Å². The molecule has 1 amide bonds. The van der Waals surface area contributed by atoms with Crippen LogP contribution in [-0.4, -0.2) is 34.0 Å². The van der Waals surface area contributed by atoms with E-state index in [1.165, 1.54) is 18.5 Å². The molecule has 0 aliphatic rings. The van der Waals surface area contributed by atoms with Crippen LogP contribution in [0.25, 0.3) is 5.69 Å². The summed E-state index contributed by atoms with van der Waals surface area (Å²) in [6, 6.07) is 6.63. The molecular formula is C15H15N3O4S. The number of carbonyl (C=O) groups is 3. The maximum absolute atomic E-state index is 11.8. The highest BCUT2D eigenvalue weighted by Gasteiger charge is 2.15. The molecule has 8 heteroatoms. The number of ketones is 1. The molecule has 1 heterocycles. The van der Waals surface area contributed by atoms with E-state index in [1.54, 1.807) is 31.2 Å². The van der Waals surface area contributed by atoms with Crippen LogP contribution in [0.4, 0.5) is 0 Å². The zero-order chi connectivity index (χ0) is 17.0. The third kappa shape index (κ3) is 3.98. The molecule has 0 bridgehead atoms. The Bertz CT molecular complexity index is 818. The Kier molecular flexibility index (Phi) is 5.17. The van der Waals surface area contributed by atoms with Crippen LogP contribution >= 0.6 is 11.3 Å².